The molecule has 0 aromatic carbocycles. The number of nitrogens with zero attached hydrogens (tertiary/aromatic N) is 1. The van der Waals surface area contributed by atoms with Crippen LogP contribution in [0.25, 0.3) is 0 Å². The number of rotatable bonds is 8. The lowest BCUT2D eigenvalue weighted by Gasteiger charge is -2.21. The molecule has 144 valence electrons. The second-order valence-corrected chi connectivity index (χ2v) is 9.01. The Hall–Kier alpha value is -0.810. The predicted molar refractivity (Wildman–Crippen MR) is 109 cm³/mol. The monoisotopic (exact) mass is 485 g/mol. The summed E-state index contributed by atoms with van der Waals surface area (Å²) in [6.07, 6.45) is 4.58. The molecule has 1 aliphatic rings. The van der Waals surface area contributed by atoms with Crippen molar-refractivity contribution in [2.75, 3.05) is 31.6 Å². The van der Waals surface area contributed by atoms with Crippen LogP contribution in [0.4, 0.5) is 0 Å². The number of guanidine groups is 1. The lowest BCUT2D eigenvalue weighted by Crippen LogP contribution is -2.42. The van der Waals surface area contributed by atoms with Crippen LogP contribution in [0.3, 0.4) is 0 Å². The molecule has 0 aliphatic heterocycles. The summed E-state index contributed by atoms with van der Waals surface area (Å²) in [6, 6.07) is 3.43. The highest BCUT2D eigenvalue weighted by molar-refractivity contribution is 14.0. The fourth-order valence-corrected chi connectivity index (χ4v) is 4.12. The van der Waals surface area contributed by atoms with Gasteiger partial charge in [0.05, 0.1) is 18.6 Å². The van der Waals surface area contributed by atoms with Gasteiger partial charge in [0, 0.05) is 24.8 Å². The number of furan rings is 1. The highest BCUT2D eigenvalue weighted by Crippen LogP contribution is 2.45. The summed E-state index contributed by atoms with van der Waals surface area (Å²) in [5.74, 6) is 1.21. The first kappa shape index (κ1) is 22.2. The van der Waals surface area contributed by atoms with Gasteiger partial charge in [0.25, 0.3) is 0 Å². The molecule has 3 N–H and O–H groups in total. The number of halogens is 1. The Bertz CT molecular complexity index is 668. The van der Waals surface area contributed by atoms with Crippen LogP contribution in [0.15, 0.2) is 27.8 Å². The van der Waals surface area contributed by atoms with Gasteiger partial charge in [-0.1, -0.05) is 0 Å². The van der Waals surface area contributed by atoms with Crippen LogP contribution in [0, 0.1) is 5.41 Å². The van der Waals surface area contributed by atoms with E-state index >= 15 is 0 Å². The van der Waals surface area contributed by atoms with E-state index in [9.17, 15) is 13.5 Å². The van der Waals surface area contributed by atoms with E-state index in [1.165, 1.54) is 12.5 Å². The third-order valence-corrected chi connectivity index (χ3v) is 5.23. The maximum Gasteiger partial charge on any atom is 0.191 e. The van der Waals surface area contributed by atoms with Crippen molar-refractivity contribution >= 4 is 39.8 Å². The smallest absolute Gasteiger partial charge is 0.191 e. The van der Waals surface area contributed by atoms with Crippen molar-refractivity contribution in [2.45, 2.75) is 32.3 Å². The van der Waals surface area contributed by atoms with E-state index in [1.807, 2.05) is 6.92 Å². The van der Waals surface area contributed by atoms with Gasteiger partial charge in [0.2, 0.25) is 0 Å². The Kier molecular flexibility index (Phi) is 7.75. The summed E-state index contributed by atoms with van der Waals surface area (Å²) < 4.78 is 28.3. The second kappa shape index (κ2) is 8.72. The summed E-state index contributed by atoms with van der Waals surface area (Å²) in [6.45, 7) is 4.95. The fraction of sp³-hybridized carbons (Fsp3) is 0.688. The van der Waals surface area contributed by atoms with Gasteiger partial charge >= 0.3 is 0 Å². The van der Waals surface area contributed by atoms with Gasteiger partial charge in [0.15, 0.2) is 5.96 Å². The van der Waals surface area contributed by atoms with E-state index in [-0.39, 0.29) is 41.7 Å². The van der Waals surface area contributed by atoms with Crippen LogP contribution < -0.4 is 10.6 Å². The second-order valence-electron chi connectivity index (χ2n) is 6.87. The first-order chi connectivity index (χ1) is 11.2. The van der Waals surface area contributed by atoms with Gasteiger partial charge < -0.3 is 20.2 Å². The number of aliphatic imine (C=N–C) groups is 1. The minimum atomic E-state index is -3.00. The van der Waals surface area contributed by atoms with Crippen LogP contribution in [0.1, 0.15) is 32.4 Å². The lowest BCUT2D eigenvalue weighted by atomic mass is 10.0. The number of hydrogen-bond acceptors (Lipinski definition) is 5. The first-order valence-electron chi connectivity index (χ1n) is 8.12. The largest absolute Gasteiger partial charge is 0.466 e. The molecule has 9 heteroatoms. The first-order valence-corrected chi connectivity index (χ1v) is 10.2. The van der Waals surface area contributed by atoms with Crippen LogP contribution in [-0.4, -0.2) is 51.1 Å². The maximum absolute atomic E-state index is 11.5. The number of sulfone groups is 1. The van der Waals surface area contributed by atoms with E-state index in [1.54, 1.807) is 19.1 Å². The molecule has 0 saturated heterocycles. The van der Waals surface area contributed by atoms with Crippen molar-refractivity contribution in [3.05, 3.63) is 24.2 Å². The Labute approximate surface area is 166 Å². The summed E-state index contributed by atoms with van der Waals surface area (Å²) in [5.41, 5.74) is -1.39. The lowest BCUT2D eigenvalue weighted by molar-refractivity contribution is 0.0437. The van der Waals surface area contributed by atoms with Gasteiger partial charge in [-0.2, -0.15) is 0 Å². The average Bonchev–Trinajstić information content (AvgIpc) is 3.01. The zero-order valence-corrected chi connectivity index (χ0v) is 18.1. The summed E-state index contributed by atoms with van der Waals surface area (Å²) in [7, 11) is -3.00. The topological polar surface area (TPSA) is 104 Å². The van der Waals surface area contributed by atoms with Crippen LogP contribution >= 0.6 is 24.0 Å². The Morgan fingerprint density at radius 2 is 2.12 bits per heavy atom. The third kappa shape index (κ3) is 7.14. The molecule has 1 aliphatic carbocycles. The van der Waals surface area contributed by atoms with Crippen LogP contribution in [-0.2, 0) is 15.4 Å². The zero-order chi connectivity index (χ0) is 17.8. The van der Waals surface area contributed by atoms with Crippen molar-refractivity contribution in [3.8, 4) is 0 Å². The van der Waals surface area contributed by atoms with Crippen LogP contribution in [0.5, 0.6) is 0 Å². The molecule has 1 atom stereocenters. The van der Waals surface area contributed by atoms with E-state index < -0.39 is 15.4 Å². The number of nitrogens with one attached hydrogen (secondary N) is 2. The molecule has 1 aromatic rings. The quantitative estimate of drug-likeness (QED) is 0.293. The van der Waals surface area contributed by atoms with Gasteiger partial charge in [0.1, 0.15) is 21.2 Å². The SMILES string of the molecule is CCNC(=NCC(C)(O)c1ccco1)NCC1(CS(C)(=O)=O)CC1.I. The van der Waals surface area contributed by atoms with E-state index in [0.29, 0.717) is 24.8 Å². The molecule has 0 radical (unpaired) electrons. The third-order valence-electron chi connectivity index (χ3n) is 4.10. The highest BCUT2D eigenvalue weighted by atomic mass is 127. The maximum atomic E-state index is 11.5. The number of aliphatic hydroxyl groups is 1. The molecule has 1 aromatic heterocycles. The van der Waals surface area contributed by atoms with Gasteiger partial charge in [-0.3, -0.25) is 0 Å². The molecule has 0 amide bonds. The minimum Gasteiger partial charge on any atom is -0.466 e. The Balaban J connectivity index is 0.00000312. The van der Waals surface area contributed by atoms with Crippen molar-refractivity contribution in [1.29, 1.82) is 0 Å². The summed E-state index contributed by atoms with van der Waals surface area (Å²) in [4.78, 5) is 4.40. The summed E-state index contributed by atoms with van der Waals surface area (Å²) in [5, 5.41) is 16.8. The molecule has 25 heavy (non-hydrogen) atoms. The van der Waals surface area contributed by atoms with E-state index in [2.05, 4.69) is 15.6 Å². The highest BCUT2D eigenvalue weighted by Gasteiger charge is 2.45. The number of hydrogen-bond donors (Lipinski definition) is 3. The van der Waals surface area contributed by atoms with Gasteiger partial charge in [-0.15, -0.1) is 24.0 Å². The normalized spacial score (nSPS) is 18.8. The van der Waals surface area contributed by atoms with Crippen molar-refractivity contribution in [2.24, 2.45) is 10.4 Å². The van der Waals surface area contributed by atoms with Crippen LogP contribution in [0.2, 0.25) is 0 Å². The molecule has 1 unspecified atom stereocenters. The zero-order valence-electron chi connectivity index (χ0n) is 14.9. The minimum absolute atomic E-state index is 0. The van der Waals surface area contributed by atoms with Gasteiger partial charge in [-0.05, 0) is 38.8 Å². The summed E-state index contributed by atoms with van der Waals surface area (Å²) >= 11 is 0. The molecule has 1 heterocycles. The van der Waals surface area contributed by atoms with Gasteiger partial charge in [-0.25, -0.2) is 13.4 Å². The van der Waals surface area contributed by atoms with Crippen molar-refractivity contribution < 1.29 is 17.9 Å². The van der Waals surface area contributed by atoms with Crippen molar-refractivity contribution in [3.63, 3.8) is 0 Å². The molecule has 0 bridgehead atoms. The molecule has 1 fully saturated rings. The molecule has 2 rings (SSSR count). The molecule has 0 spiro atoms. The molecular weight excluding hydrogens is 457 g/mol. The predicted octanol–water partition coefficient (Wildman–Crippen LogP) is 1.48. The molecule has 1 saturated carbocycles. The van der Waals surface area contributed by atoms with E-state index in [0.717, 1.165) is 12.8 Å². The Morgan fingerprint density at radius 3 is 2.60 bits per heavy atom. The average molecular weight is 485 g/mol. The van der Waals surface area contributed by atoms with Crippen molar-refractivity contribution in [1.82, 2.24) is 10.6 Å². The molecule has 7 nitrogen and oxygen atoms in total. The Morgan fingerprint density at radius 1 is 1.44 bits per heavy atom. The fourth-order valence-electron chi connectivity index (χ4n) is 2.61. The standard InChI is InChI=1S/C16H27N3O4S.HI/c1-4-17-14(18-10-15(2,20)13-6-5-9-23-13)19-11-16(7-8-16)12-24(3,21)22;/h5-6,9,20H,4,7-8,10-12H2,1-3H3,(H2,17,18,19);1H. The molecular formula is C16H28IN3O4S. The van der Waals surface area contributed by atoms with E-state index in [4.69, 9.17) is 4.42 Å².